The summed E-state index contributed by atoms with van der Waals surface area (Å²) >= 11 is 0. The standard InChI is InChI=1S/C15H24FN3O4S2.ClH/c1-3-17-11-12-6-8-19(9-7-12)25(22,23)13-4-5-15(14(16)10-13)18-24(2,20)21;/h4-5,10,12,17-18H,3,6-9,11H2,1-2H3;1H. The van der Waals surface area contributed by atoms with E-state index in [1.54, 1.807) is 0 Å². The molecule has 1 heterocycles. The predicted octanol–water partition coefficient (Wildman–Crippen LogP) is 1.63. The van der Waals surface area contributed by atoms with Gasteiger partial charge in [0.2, 0.25) is 20.0 Å². The second-order valence-electron chi connectivity index (χ2n) is 6.17. The van der Waals surface area contributed by atoms with Crippen LogP contribution < -0.4 is 10.0 Å². The Morgan fingerprint density at radius 1 is 1.19 bits per heavy atom. The van der Waals surface area contributed by atoms with E-state index in [2.05, 4.69) is 5.32 Å². The van der Waals surface area contributed by atoms with E-state index in [9.17, 15) is 21.2 Å². The van der Waals surface area contributed by atoms with Crippen LogP contribution >= 0.6 is 12.4 Å². The zero-order chi connectivity index (χ0) is 18.7. The molecule has 0 saturated carbocycles. The van der Waals surface area contributed by atoms with Crippen molar-refractivity contribution >= 4 is 38.1 Å². The van der Waals surface area contributed by atoms with Crippen LogP contribution in [0.2, 0.25) is 0 Å². The quantitative estimate of drug-likeness (QED) is 0.686. The van der Waals surface area contributed by atoms with Gasteiger partial charge in [-0.3, -0.25) is 4.72 Å². The Morgan fingerprint density at radius 3 is 2.31 bits per heavy atom. The zero-order valence-electron chi connectivity index (χ0n) is 14.7. The van der Waals surface area contributed by atoms with E-state index in [1.807, 2.05) is 11.6 Å². The summed E-state index contributed by atoms with van der Waals surface area (Å²) in [5.74, 6) is -0.488. The lowest BCUT2D eigenvalue weighted by molar-refractivity contribution is 0.268. The van der Waals surface area contributed by atoms with Crippen molar-refractivity contribution in [2.75, 3.05) is 37.2 Å². The summed E-state index contributed by atoms with van der Waals surface area (Å²) in [4.78, 5) is -0.172. The lowest BCUT2D eigenvalue weighted by Crippen LogP contribution is -2.40. The molecule has 0 spiro atoms. The number of hydrogen-bond acceptors (Lipinski definition) is 5. The molecule has 2 rings (SSSR count). The van der Waals surface area contributed by atoms with Gasteiger partial charge in [-0.1, -0.05) is 6.92 Å². The lowest BCUT2D eigenvalue weighted by Gasteiger charge is -2.31. The molecule has 1 fully saturated rings. The van der Waals surface area contributed by atoms with Crippen LogP contribution in [-0.4, -0.2) is 53.6 Å². The van der Waals surface area contributed by atoms with Gasteiger partial charge in [-0.15, -0.1) is 12.4 Å². The molecule has 0 aromatic heterocycles. The van der Waals surface area contributed by atoms with E-state index in [0.717, 1.165) is 44.3 Å². The highest BCUT2D eigenvalue weighted by Crippen LogP contribution is 2.26. The monoisotopic (exact) mass is 429 g/mol. The number of nitrogens with one attached hydrogen (secondary N) is 2. The van der Waals surface area contributed by atoms with Gasteiger partial charge in [0.15, 0.2) is 0 Å². The lowest BCUT2D eigenvalue weighted by atomic mass is 9.98. The fourth-order valence-corrected chi connectivity index (χ4v) is 4.84. The van der Waals surface area contributed by atoms with Crippen LogP contribution in [0.3, 0.4) is 0 Å². The minimum Gasteiger partial charge on any atom is -0.317 e. The van der Waals surface area contributed by atoms with E-state index >= 15 is 0 Å². The maximum Gasteiger partial charge on any atom is 0.243 e. The van der Waals surface area contributed by atoms with Crippen LogP contribution in [-0.2, 0) is 20.0 Å². The molecule has 0 aliphatic carbocycles. The third kappa shape index (κ3) is 6.05. The van der Waals surface area contributed by atoms with E-state index in [1.165, 1.54) is 10.4 Å². The first-order chi connectivity index (χ1) is 11.6. The van der Waals surface area contributed by atoms with Crippen LogP contribution in [0.4, 0.5) is 10.1 Å². The Morgan fingerprint density at radius 2 is 1.81 bits per heavy atom. The number of hydrogen-bond donors (Lipinski definition) is 2. The van der Waals surface area contributed by atoms with Crippen molar-refractivity contribution in [2.24, 2.45) is 5.92 Å². The Hall–Kier alpha value is -0.940. The third-order valence-corrected chi connectivity index (χ3v) is 6.62. The van der Waals surface area contributed by atoms with Gasteiger partial charge in [0, 0.05) is 13.1 Å². The molecule has 2 N–H and O–H groups in total. The topological polar surface area (TPSA) is 95.6 Å². The van der Waals surface area contributed by atoms with Gasteiger partial charge in [-0.2, -0.15) is 4.31 Å². The van der Waals surface area contributed by atoms with Gasteiger partial charge < -0.3 is 5.32 Å². The first-order valence-electron chi connectivity index (χ1n) is 8.11. The summed E-state index contributed by atoms with van der Waals surface area (Å²) in [6, 6.07) is 3.20. The summed E-state index contributed by atoms with van der Waals surface area (Å²) in [6.45, 7) is 4.56. The molecule has 1 aliphatic rings. The normalized spacial score (nSPS) is 16.9. The van der Waals surface area contributed by atoms with Gasteiger partial charge in [0.25, 0.3) is 0 Å². The molecule has 11 heteroatoms. The fourth-order valence-electron chi connectivity index (χ4n) is 2.79. The van der Waals surface area contributed by atoms with Crippen LogP contribution in [0.25, 0.3) is 0 Å². The molecule has 0 amide bonds. The minimum absolute atomic E-state index is 0. The number of benzene rings is 1. The molecule has 1 aromatic carbocycles. The molecule has 26 heavy (non-hydrogen) atoms. The van der Waals surface area contributed by atoms with Crippen LogP contribution in [0.1, 0.15) is 19.8 Å². The molecule has 150 valence electrons. The largest absolute Gasteiger partial charge is 0.317 e. The number of rotatable bonds is 7. The maximum absolute atomic E-state index is 14.1. The molecular weight excluding hydrogens is 405 g/mol. The third-order valence-electron chi connectivity index (χ3n) is 4.13. The summed E-state index contributed by atoms with van der Waals surface area (Å²) in [5, 5.41) is 3.26. The highest BCUT2D eigenvalue weighted by molar-refractivity contribution is 7.92. The molecule has 1 aliphatic heterocycles. The van der Waals surface area contributed by atoms with Gasteiger partial charge in [0.1, 0.15) is 5.82 Å². The van der Waals surface area contributed by atoms with Crippen LogP contribution in [0, 0.1) is 11.7 Å². The highest BCUT2D eigenvalue weighted by atomic mass is 35.5. The molecule has 1 saturated heterocycles. The Labute approximate surface area is 160 Å². The minimum atomic E-state index is -3.79. The first kappa shape index (κ1) is 23.1. The summed E-state index contributed by atoms with van der Waals surface area (Å²) in [6.07, 6.45) is 2.40. The van der Waals surface area contributed by atoms with Crippen LogP contribution in [0.5, 0.6) is 0 Å². The molecular formula is C15H25ClFN3O4S2. The van der Waals surface area contributed by atoms with Crippen molar-refractivity contribution < 1.29 is 21.2 Å². The zero-order valence-corrected chi connectivity index (χ0v) is 17.2. The van der Waals surface area contributed by atoms with Crippen molar-refractivity contribution in [3.8, 4) is 0 Å². The van der Waals surface area contributed by atoms with Crippen molar-refractivity contribution in [1.82, 2.24) is 9.62 Å². The smallest absolute Gasteiger partial charge is 0.243 e. The molecule has 7 nitrogen and oxygen atoms in total. The first-order valence-corrected chi connectivity index (χ1v) is 11.4. The second kappa shape index (κ2) is 9.32. The van der Waals surface area contributed by atoms with Crippen molar-refractivity contribution in [3.63, 3.8) is 0 Å². The Bertz CT molecular complexity index is 810. The number of nitrogens with zero attached hydrogens (tertiary/aromatic N) is 1. The SMILES string of the molecule is CCNCC1CCN(S(=O)(=O)c2ccc(NS(C)(=O)=O)c(F)c2)CC1.Cl. The van der Waals surface area contributed by atoms with Crippen molar-refractivity contribution in [2.45, 2.75) is 24.7 Å². The van der Waals surface area contributed by atoms with Gasteiger partial charge >= 0.3 is 0 Å². The highest BCUT2D eigenvalue weighted by Gasteiger charge is 2.29. The second-order valence-corrected chi connectivity index (χ2v) is 9.86. The van der Waals surface area contributed by atoms with Crippen LogP contribution in [0.15, 0.2) is 23.1 Å². The number of anilines is 1. The number of sulfonamides is 2. The summed E-state index contributed by atoms with van der Waals surface area (Å²) < 4.78 is 65.1. The maximum atomic E-state index is 14.1. The van der Waals surface area contributed by atoms with Gasteiger partial charge in [-0.05, 0) is 50.0 Å². The number of piperidine rings is 1. The molecule has 1 aromatic rings. The van der Waals surface area contributed by atoms with Crippen molar-refractivity contribution in [3.05, 3.63) is 24.0 Å². The average molecular weight is 430 g/mol. The Kier molecular flexibility index (Phi) is 8.28. The Balaban J connectivity index is 0.00000338. The summed E-state index contributed by atoms with van der Waals surface area (Å²) in [7, 11) is -7.43. The molecule has 0 unspecified atom stereocenters. The molecule has 0 bridgehead atoms. The van der Waals surface area contributed by atoms with Crippen molar-refractivity contribution in [1.29, 1.82) is 0 Å². The van der Waals surface area contributed by atoms with E-state index < -0.39 is 25.9 Å². The van der Waals surface area contributed by atoms with Gasteiger partial charge in [-0.25, -0.2) is 21.2 Å². The fraction of sp³-hybridized carbons (Fsp3) is 0.600. The van der Waals surface area contributed by atoms with E-state index in [4.69, 9.17) is 0 Å². The van der Waals surface area contributed by atoms with E-state index in [0.29, 0.717) is 19.0 Å². The molecule has 0 atom stereocenters. The molecule has 0 radical (unpaired) electrons. The summed E-state index contributed by atoms with van der Waals surface area (Å²) in [5.41, 5.74) is -0.272. The van der Waals surface area contributed by atoms with E-state index in [-0.39, 0.29) is 23.0 Å². The predicted molar refractivity (Wildman–Crippen MR) is 102 cm³/mol. The number of halogens is 2. The average Bonchev–Trinajstić information content (AvgIpc) is 2.54. The van der Waals surface area contributed by atoms with Gasteiger partial charge in [0.05, 0.1) is 16.8 Å².